The standard InChI is InChI=1S/C14H27NO2/c1-10-3-6-14(7-11(10)2)17-9-13(8-16)15-12-4-5-12/h10-16H,3-9H2,1-2H3. The van der Waals surface area contributed by atoms with Crippen LogP contribution in [0.1, 0.15) is 46.0 Å². The zero-order chi connectivity index (χ0) is 12.3. The Hall–Kier alpha value is -0.120. The van der Waals surface area contributed by atoms with Gasteiger partial charge in [-0.25, -0.2) is 0 Å². The zero-order valence-corrected chi connectivity index (χ0v) is 11.2. The van der Waals surface area contributed by atoms with E-state index in [1.807, 2.05) is 0 Å². The summed E-state index contributed by atoms with van der Waals surface area (Å²) in [5.41, 5.74) is 0. The van der Waals surface area contributed by atoms with Crippen molar-refractivity contribution in [2.24, 2.45) is 11.8 Å². The third-order valence-electron chi connectivity index (χ3n) is 4.35. The Bertz CT molecular complexity index is 230. The summed E-state index contributed by atoms with van der Waals surface area (Å²) in [5, 5.41) is 12.7. The van der Waals surface area contributed by atoms with Crippen molar-refractivity contribution in [3.05, 3.63) is 0 Å². The molecule has 0 aliphatic heterocycles. The fourth-order valence-electron chi connectivity index (χ4n) is 2.64. The molecule has 2 aliphatic carbocycles. The van der Waals surface area contributed by atoms with E-state index in [9.17, 15) is 5.11 Å². The second-order valence-electron chi connectivity index (χ2n) is 6.04. The molecule has 0 aromatic heterocycles. The predicted molar refractivity (Wildman–Crippen MR) is 69.0 cm³/mol. The minimum absolute atomic E-state index is 0.136. The summed E-state index contributed by atoms with van der Waals surface area (Å²) in [6.07, 6.45) is 6.58. The SMILES string of the molecule is CC1CCC(OCC(CO)NC2CC2)CC1C. The molecule has 0 heterocycles. The van der Waals surface area contributed by atoms with Crippen molar-refractivity contribution >= 4 is 0 Å². The zero-order valence-electron chi connectivity index (χ0n) is 11.2. The van der Waals surface area contributed by atoms with Gasteiger partial charge < -0.3 is 15.2 Å². The highest BCUT2D eigenvalue weighted by molar-refractivity contribution is 4.85. The number of nitrogens with one attached hydrogen (secondary N) is 1. The molecule has 0 bridgehead atoms. The Labute approximate surface area is 105 Å². The first-order valence-corrected chi connectivity index (χ1v) is 7.17. The summed E-state index contributed by atoms with van der Waals surface area (Å²) in [6.45, 7) is 5.52. The number of hydrogen-bond donors (Lipinski definition) is 2. The fraction of sp³-hybridized carbons (Fsp3) is 1.00. The van der Waals surface area contributed by atoms with Gasteiger partial charge in [0.15, 0.2) is 0 Å². The van der Waals surface area contributed by atoms with Gasteiger partial charge in [-0.05, 0) is 43.9 Å². The number of rotatable bonds is 6. The van der Waals surface area contributed by atoms with E-state index in [4.69, 9.17) is 4.74 Å². The van der Waals surface area contributed by atoms with Crippen LogP contribution in [0.4, 0.5) is 0 Å². The maximum absolute atomic E-state index is 9.28. The largest absolute Gasteiger partial charge is 0.395 e. The molecule has 17 heavy (non-hydrogen) atoms. The van der Waals surface area contributed by atoms with Gasteiger partial charge in [0.25, 0.3) is 0 Å². The third-order valence-corrected chi connectivity index (χ3v) is 4.35. The Morgan fingerprint density at radius 1 is 1.18 bits per heavy atom. The lowest BCUT2D eigenvalue weighted by molar-refractivity contribution is -0.0138. The molecule has 0 aromatic carbocycles. The minimum atomic E-state index is 0.136. The van der Waals surface area contributed by atoms with Crippen LogP contribution in [-0.2, 0) is 4.74 Å². The van der Waals surface area contributed by atoms with Gasteiger partial charge in [0.05, 0.1) is 25.4 Å². The van der Waals surface area contributed by atoms with Crippen LogP contribution in [0.3, 0.4) is 0 Å². The molecule has 2 saturated carbocycles. The molecular weight excluding hydrogens is 214 g/mol. The van der Waals surface area contributed by atoms with Crippen LogP contribution < -0.4 is 5.32 Å². The second kappa shape index (κ2) is 6.17. The summed E-state index contributed by atoms with van der Waals surface area (Å²) in [6, 6.07) is 0.776. The topological polar surface area (TPSA) is 41.5 Å². The smallest absolute Gasteiger partial charge is 0.0645 e. The van der Waals surface area contributed by atoms with E-state index in [2.05, 4.69) is 19.2 Å². The fourth-order valence-corrected chi connectivity index (χ4v) is 2.64. The Balaban J connectivity index is 1.65. The molecule has 2 rings (SSSR count). The second-order valence-corrected chi connectivity index (χ2v) is 6.04. The summed E-state index contributed by atoms with van der Waals surface area (Å²) < 4.78 is 5.96. The van der Waals surface area contributed by atoms with Crippen LogP contribution in [0.25, 0.3) is 0 Å². The Morgan fingerprint density at radius 3 is 2.53 bits per heavy atom. The van der Waals surface area contributed by atoms with Gasteiger partial charge in [0.1, 0.15) is 0 Å². The van der Waals surface area contributed by atoms with Gasteiger partial charge in [0, 0.05) is 6.04 Å². The number of aliphatic hydroxyl groups is 1. The summed E-state index contributed by atoms with van der Waals surface area (Å²) in [4.78, 5) is 0. The van der Waals surface area contributed by atoms with E-state index < -0.39 is 0 Å². The molecule has 2 aliphatic rings. The van der Waals surface area contributed by atoms with Crippen LogP contribution in [-0.4, -0.2) is 36.5 Å². The summed E-state index contributed by atoms with van der Waals surface area (Å²) in [7, 11) is 0. The van der Waals surface area contributed by atoms with Crippen molar-refractivity contribution in [1.29, 1.82) is 0 Å². The van der Waals surface area contributed by atoms with E-state index in [0.717, 1.165) is 11.8 Å². The molecule has 0 spiro atoms. The highest BCUT2D eigenvalue weighted by Crippen LogP contribution is 2.31. The molecule has 0 radical (unpaired) electrons. The highest BCUT2D eigenvalue weighted by atomic mass is 16.5. The first kappa shape index (κ1) is 13.3. The van der Waals surface area contributed by atoms with Crippen LogP contribution in [0.15, 0.2) is 0 Å². The van der Waals surface area contributed by atoms with Crippen LogP contribution in [0, 0.1) is 11.8 Å². The molecule has 2 fully saturated rings. The molecule has 4 atom stereocenters. The molecule has 0 aromatic rings. The molecule has 3 nitrogen and oxygen atoms in total. The molecular formula is C14H27NO2. The predicted octanol–water partition coefficient (Wildman–Crippen LogP) is 1.94. The van der Waals surface area contributed by atoms with E-state index >= 15 is 0 Å². The van der Waals surface area contributed by atoms with Gasteiger partial charge in [0.2, 0.25) is 0 Å². The van der Waals surface area contributed by atoms with Crippen molar-refractivity contribution in [1.82, 2.24) is 5.32 Å². The minimum Gasteiger partial charge on any atom is -0.395 e. The maximum atomic E-state index is 9.28. The average Bonchev–Trinajstić information content (AvgIpc) is 3.12. The van der Waals surface area contributed by atoms with E-state index in [1.54, 1.807) is 0 Å². The first-order chi connectivity index (χ1) is 8.19. The van der Waals surface area contributed by atoms with Gasteiger partial charge in [-0.3, -0.25) is 0 Å². The molecule has 100 valence electrons. The molecule has 0 saturated heterocycles. The molecule has 0 amide bonds. The molecule has 2 N–H and O–H groups in total. The van der Waals surface area contributed by atoms with E-state index in [-0.39, 0.29) is 12.6 Å². The summed E-state index contributed by atoms with van der Waals surface area (Å²) in [5.74, 6) is 1.62. The third kappa shape index (κ3) is 4.23. The van der Waals surface area contributed by atoms with Crippen LogP contribution in [0.2, 0.25) is 0 Å². The van der Waals surface area contributed by atoms with E-state index in [1.165, 1.54) is 32.1 Å². The van der Waals surface area contributed by atoms with E-state index in [0.29, 0.717) is 18.8 Å². The van der Waals surface area contributed by atoms with Crippen molar-refractivity contribution in [3.63, 3.8) is 0 Å². The lowest BCUT2D eigenvalue weighted by atomic mass is 9.80. The van der Waals surface area contributed by atoms with Gasteiger partial charge >= 0.3 is 0 Å². The Morgan fingerprint density at radius 2 is 1.94 bits per heavy atom. The number of ether oxygens (including phenoxy) is 1. The van der Waals surface area contributed by atoms with Gasteiger partial charge in [-0.15, -0.1) is 0 Å². The van der Waals surface area contributed by atoms with Crippen molar-refractivity contribution in [2.75, 3.05) is 13.2 Å². The van der Waals surface area contributed by atoms with Crippen molar-refractivity contribution in [2.45, 2.75) is 64.1 Å². The normalized spacial score (nSPS) is 35.8. The molecule has 4 unspecified atom stereocenters. The highest BCUT2D eigenvalue weighted by Gasteiger charge is 2.27. The number of aliphatic hydroxyl groups excluding tert-OH is 1. The average molecular weight is 241 g/mol. The lowest BCUT2D eigenvalue weighted by Gasteiger charge is -2.32. The first-order valence-electron chi connectivity index (χ1n) is 7.17. The maximum Gasteiger partial charge on any atom is 0.0645 e. The Kier molecular flexibility index (Phi) is 4.83. The van der Waals surface area contributed by atoms with Crippen LogP contribution in [0.5, 0.6) is 0 Å². The quantitative estimate of drug-likeness (QED) is 0.747. The van der Waals surface area contributed by atoms with Crippen LogP contribution >= 0.6 is 0 Å². The van der Waals surface area contributed by atoms with Crippen molar-refractivity contribution in [3.8, 4) is 0 Å². The van der Waals surface area contributed by atoms with Gasteiger partial charge in [-0.1, -0.05) is 13.8 Å². The summed E-state index contributed by atoms with van der Waals surface area (Å²) >= 11 is 0. The number of hydrogen-bond acceptors (Lipinski definition) is 3. The monoisotopic (exact) mass is 241 g/mol. The molecule has 3 heteroatoms. The lowest BCUT2D eigenvalue weighted by Crippen LogP contribution is -2.40. The van der Waals surface area contributed by atoms with Crippen molar-refractivity contribution < 1.29 is 9.84 Å². The van der Waals surface area contributed by atoms with Gasteiger partial charge in [-0.2, -0.15) is 0 Å².